The number of aryl methyl sites for hydroxylation is 1. The fraction of sp³-hybridized carbons (Fsp3) is 0.476. The average Bonchev–Trinajstić information content (AvgIpc) is 3.39. The quantitative estimate of drug-likeness (QED) is 0.758. The van der Waals surface area contributed by atoms with Crippen LogP contribution < -0.4 is 5.73 Å². The molecule has 1 aliphatic carbocycles. The second-order valence-corrected chi connectivity index (χ2v) is 8.72. The van der Waals surface area contributed by atoms with E-state index in [2.05, 4.69) is 0 Å². The number of nitrogens with two attached hydrogens (primary N) is 1. The number of carbonyl (C=O) groups is 3. The van der Waals surface area contributed by atoms with Gasteiger partial charge in [0, 0.05) is 30.4 Å². The van der Waals surface area contributed by atoms with Gasteiger partial charge in [-0.15, -0.1) is 11.3 Å². The zero-order valence-electron chi connectivity index (χ0n) is 16.3. The third-order valence-corrected chi connectivity index (χ3v) is 7.00. The molecule has 29 heavy (non-hydrogen) atoms. The lowest BCUT2D eigenvalue weighted by molar-refractivity contribution is -0.137. The van der Waals surface area contributed by atoms with Crippen LogP contribution in [-0.4, -0.2) is 46.9 Å². The molecule has 154 valence electrons. The van der Waals surface area contributed by atoms with Crippen LogP contribution in [0.15, 0.2) is 24.5 Å². The summed E-state index contributed by atoms with van der Waals surface area (Å²) in [7, 11) is 0. The number of esters is 1. The molecule has 7 nitrogen and oxygen atoms in total. The summed E-state index contributed by atoms with van der Waals surface area (Å²) in [5.41, 5.74) is 7.03. The third kappa shape index (κ3) is 4.07. The summed E-state index contributed by atoms with van der Waals surface area (Å²) in [5.74, 6) is -1.45. The van der Waals surface area contributed by atoms with Crippen LogP contribution in [-0.2, 0) is 27.2 Å². The normalized spacial score (nSPS) is 18.9. The van der Waals surface area contributed by atoms with Crippen LogP contribution in [0.3, 0.4) is 0 Å². The Morgan fingerprint density at radius 3 is 2.66 bits per heavy atom. The molecule has 2 aromatic rings. The molecule has 1 atom stereocenters. The number of likely N-dealkylation sites (tertiary alicyclic amines) is 1. The molecule has 2 aromatic heterocycles. The minimum absolute atomic E-state index is 0.282. The van der Waals surface area contributed by atoms with Gasteiger partial charge in [-0.3, -0.25) is 9.59 Å². The topological polar surface area (TPSA) is 94.6 Å². The maximum Gasteiger partial charge on any atom is 0.341 e. The fourth-order valence-corrected chi connectivity index (χ4v) is 5.48. The average molecular weight is 416 g/mol. The van der Waals surface area contributed by atoms with Crippen molar-refractivity contribution in [2.45, 2.75) is 38.5 Å². The number of thiophene rings is 1. The van der Waals surface area contributed by atoms with E-state index < -0.39 is 5.97 Å². The molecule has 8 heteroatoms. The van der Waals surface area contributed by atoms with E-state index in [-0.39, 0.29) is 24.3 Å². The number of carbonyl (C=O) groups excluding carboxylic acids is 3. The second-order valence-electron chi connectivity index (χ2n) is 7.64. The number of aromatic nitrogens is 1. The highest BCUT2D eigenvalue weighted by molar-refractivity contribution is 7.15. The number of ether oxygens (including phenoxy) is 1. The minimum Gasteiger partial charge on any atom is -0.452 e. The molecular formula is C21H25N3O4S. The van der Waals surface area contributed by atoms with E-state index in [1.807, 2.05) is 29.1 Å². The molecule has 0 bridgehead atoms. The molecule has 1 saturated heterocycles. The van der Waals surface area contributed by atoms with Crippen LogP contribution in [0.5, 0.6) is 0 Å². The predicted molar refractivity (Wildman–Crippen MR) is 109 cm³/mol. The molecule has 2 aliphatic rings. The van der Waals surface area contributed by atoms with E-state index in [0.717, 1.165) is 42.7 Å². The van der Waals surface area contributed by atoms with E-state index >= 15 is 0 Å². The molecule has 0 saturated carbocycles. The van der Waals surface area contributed by atoms with Crippen molar-refractivity contribution in [1.82, 2.24) is 9.47 Å². The van der Waals surface area contributed by atoms with Crippen LogP contribution >= 0.6 is 11.3 Å². The fourth-order valence-electron chi connectivity index (χ4n) is 4.14. The molecule has 0 unspecified atom stereocenters. The van der Waals surface area contributed by atoms with Gasteiger partial charge in [-0.05, 0) is 56.2 Å². The largest absolute Gasteiger partial charge is 0.452 e. The summed E-state index contributed by atoms with van der Waals surface area (Å²) in [6, 6.07) is 3.84. The minimum atomic E-state index is -0.454. The summed E-state index contributed by atoms with van der Waals surface area (Å²) in [6.45, 7) is 0.539. The first kappa shape index (κ1) is 19.7. The number of primary amides is 1. The number of fused-ring (bicyclic) bond motifs is 1. The molecule has 0 spiro atoms. The summed E-state index contributed by atoms with van der Waals surface area (Å²) in [6.07, 6.45) is 9.26. The molecular weight excluding hydrogens is 390 g/mol. The Labute approximate surface area is 173 Å². The van der Waals surface area contributed by atoms with Crippen molar-refractivity contribution in [3.05, 3.63) is 40.5 Å². The highest BCUT2D eigenvalue weighted by atomic mass is 32.1. The molecule has 0 aromatic carbocycles. The lowest BCUT2D eigenvalue weighted by Gasteiger charge is -2.31. The Bertz CT molecular complexity index is 919. The Morgan fingerprint density at radius 1 is 1.14 bits per heavy atom. The summed E-state index contributed by atoms with van der Waals surface area (Å²) < 4.78 is 7.38. The van der Waals surface area contributed by atoms with Crippen LogP contribution in [0.1, 0.15) is 46.5 Å². The maximum atomic E-state index is 13.0. The third-order valence-electron chi connectivity index (χ3n) is 5.70. The molecule has 1 aliphatic heterocycles. The summed E-state index contributed by atoms with van der Waals surface area (Å²) in [4.78, 5) is 39.8. The Morgan fingerprint density at radius 2 is 1.90 bits per heavy atom. The second kappa shape index (κ2) is 8.41. The molecule has 3 heterocycles. The van der Waals surface area contributed by atoms with Crippen LogP contribution in [0.25, 0.3) is 5.00 Å². The van der Waals surface area contributed by atoms with Crippen molar-refractivity contribution in [2.24, 2.45) is 11.7 Å². The molecule has 2 amide bonds. The first-order chi connectivity index (χ1) is 14.0. The Hall–Kier alpha value is -2.61. The van der Waals surface area contributed by atoms with Crippen molar-refractivity contribution in [2.75, 3.05) is 19.7 Å². The van der Waals surface area contributed by atoms with Gasteiger partial charge in [0.15, 0.2) is 6.61 Å². The number of amides is 2. The van der Waals surface area contributed by atoms with E-state index in [0.29, 0.717) is 25.1 Å². The zero-order valence-corrected chi connectivity index (χ0v) is 17.1. The smallest absolute Gasteiger partial charge is 0.341 e. The van der Waals surface area contributed by atoms with E-state index in [1.165, 1.54) is 4.88 Å². The number of hydrogen-bond acceptors (Lipinski definition) is 5. The summed E-state index contributed by atoms with van der Waals surface area (Å²) >= 11 is 1.63. The lowest BCUT2D eigenvalue weighted by Crippen LogP contribution is -2.45. The number of piperidine rings is 1. The highest BCUT2D eigenvalue weighted by Gasteiger charge is 2.30. The van der Waals surface area contributed by atoms with Crippen molar-refractivity contribution < 1.29 is 19.1 Å². The van der Waals surface area contributed by atoms with Gasteiger partial charge >= 0.3 is 5.97 Å². The lowest BCUT2D eigenvalue weighted by atomic mass is 9.95. The SMILES string of the molecule is NC(=O)[C@@H]1CCCN(C(=O)COC(=O)c2c(-n3cccc3)sc3c2CCCC3)C1. The summed E-state index contributed by atoms with van der Waals surface area (Å²) in [5, 5.41) is 0.853. The molecule has 4 rings (SSSR count). The van der Waals surface area contributed by atoms with Gasteiger partial charge in [0.25, 0.3) is 5.91 Å². The van der Waals surface area contributed by atoms with Gasteiger partial charge < -0.3 is 19.9 Å². The number of hydrogen-bond donors (Lipinski definition) is 1. The first-order valence-electron chi connectivity index (χ1n) is 10.1. The van der Waals surface area contributed by atoms with E-state index in [9.17, 15) is 14.4 Å². The van der Waals surface area contributed by atoms with Crippen LogP contribution in [0.2, 0.25) is 0 Å². The van der Waals surface area contributed by atoms with Crippen molar-refractivity contribution >= 4 is 29.1 Å². The molecule has 1 fully saturated rings. The van der Waals surface area contributed by atoms with Crippen molar-refractivity contribution in [3.8, 4) is 5.00 Å². The zero-order chi connectivity index (χ0) is 20.4. The molecule has 0 radical (unpaired) electrons. The molecule has 2 N–H and O–H groups in total. The number of nitrogens with zero attached hydrogens (tertiary/aromatic N) is 2. The Kier molecular flexibility index (Phi) is 5.71. The first-order valence-corrected chi connectivity index (χ1v) is 10.9. The van der Waals surface area contributed by atoms with Gasteiger partial charge in [-0.2, -0.15) is 0 Å². The van der Waals surface area contributed by atoms with Gasteiger partial charge in [0.1, 0.15) is 5.00 Å². The van der Waals surface area contributed by atoms with Gasteiger partial charge in [0.2, 0.25) is 5.91 Å². The van der Waals surface area contributed by atoms with Gasteiger partial charge in [-0.25, -0.2) is 4.79 Å². The maximum absolute atomic E-state index is 13.0. The van der Waals surface area contributed by atoms with Gasteiger partial charge in [-0.1, -0.05) is 0 Å². The highest BCUT2D eigenvalue weighted by Crippen LogP contribution is 2.37. The predicted octanol–water partition coefficient (Wildman–Crippen LogP) is 2.30. The number of rotatable bonds is 5. The monoisotopic (exact) mass is 415 g/mol. The van der Waals surface area contributed by atoms with Crippen molar-refractivity contribution in [1.29, 1.82) is 0 Å². The van der Waals surface area contributed by atoms with Crippen LogP contribution in [0, 0.1) is 5.92 Å². The van der Waals surface area contributed by atoms with Crippen LogP contribution in [0.4, 0.5) is 0 Å². The van der Waals surface area contributed by atoms with Crippen molar-refractivity contribution in [3.63, 3.8) is 0 Å². The van der Waals surface area contributed by atoms with E-state index in [1.54, 1.807) is 16.2 Å². The van der Waals surface area contributed by atoms with E-state index in [4.69, 9.17) is 10.5 Å². The Balaban J connectivity index is 1.48. The standard InChI is InChI=1S/C21H25N3O4S/c22-19(26)14-6-5-11-24(12-14)17(25)13-28-21(27)18-15-7-1-2-8-16(15)29-20(18)23-9-3-4-10-23/h3-4,9-10,14H,1-2,5-8,11-13H2,(H2,22,26)/t14-/m1/s1. The van der Waals surface area contributed by atoms with Gasteiger partial charge in [0.05, 0.1) is 11.5 Å².